The van der Waals surface area contributed by atoms with Gasteiger partial charge in [0.15, 0.2) is 0 Å². The summed E-state index contributed by atoms with van der Waals surface area (Å²) in [5, 5.41) is 0. The molecule has 362 valence electrons. The fourth-order valence-corrected chi connectivity index (χ4v) is 15.7. The Hall–Kier alpha value is -3.86. The van der Waals surface area contributed by atoms with Crippen molar-refractivity contribution in [3.8, 4) is 41.8 Å². The molecule has 0 unspecified atom stereocenters. The summed E-state index contributed by atoms with van der Waals surface area (Å²) >= 11 is 8.93. The average Bonchev–Trinajstić information content (AvgIpc) is 4.22. The van der Waals surface area contributed by atoms with E-state index in [2.05, 4.69) is 102 Å². The largest absolute Gasteiger partial charge is 0.249 e. The van der Waals surface area contributed by atoms with Crippen LogP contribution in [0.15, 0.2) is 60.7 Å². The summed E-state index contributed by atoms with van der Waals surface area (Å²) in [7, 11) is 0. The van der Waals surface area contributed by atoms with Crippen LogP contribution in [-0.2, 0) is 38.5 Å². The van der Waals surface area contributed by atoms with Gasteiger partial charge in [0.25, 0.3) is 0 Å². The summed E-state index contributed by atoms with van der Waals surface area (Å²) in [6, 6.07) is 24.6. The maximum atomic E-state index is 5.53. The first-order valence-corrected chi connectivity index (χ1v) is 30.7. The number of benzene rings is 3. The topological polar surface area (TPSA) is 51.6 Å². The molecule has 9 rings (SSSR count). The van der Waals surface area contributed by atoms with Gasteiger partial charge in [0.05, 0.1) is 23.1 Å². The van der Waals surface area contributed by atoms with Gasteiger partial charge >= 0.3 is 0 Å². The van der Waals surface area contributed by atoms with Crippen LogP contribution in [0, 0.1) is 0 Å². The molecule has 0 amide bonds. The van der Waals surface area contributed by atoms with Crippen molar-refractivity contribution in [3.05, 3.63) is 94.3 Å². The molecule has 6 heterocycles. The van der Waals surface area contributed by atoms with E-state index >= 15 is 0 Å². The Bertz CT molecular complexity index is 2790. The molecule has 69 heavy (non-hydrogen) atoms. The van der Waals surface area contributed by atoms with E-state index in [-0.39, 0.29) is 0 Å². The summed E-state index contributed by atoms with van der Waals surface area (Å²) in [4.78, 5) is 16.2. The van der Waals surface area contributed by atoms with Gasteiger partial charge in [-0.2, -0.15) is 8.75 Å². The Labute approximate surface area is 432 Å². The van der Waals surface area contributed by atoms with Gasteiger partial charge in [0.2, 0.25) is 0 Å². The highest BCUT2D eigenvalue weighted by Gasteiger charge is 2.26. The smallest absolute Gasteiger partial charge is 0.116 e. The van der Waals surface area contributed by atoms with Crippen LogP contribution in [0.2, 0.25) is 0 Å². The normalized spacial score (nSPS) is 12.0. The zero-order valence-electron chi connectivity index (χ0n) is 42.2. The van der Waals surface area contributed by atoms with Gasteiger partial charge in [-0.15, -0.1) is 45.3 Å². The first-order valence-electron chi connectivity index (χ1n) is 26.7. The van der Waals surface area contributed by atoms with Gasteiger partial charge in [-0.05, 0) is 122 Å². The molecule has 6 aromatic heterocycles. The summed E-state index contributed by atoms with van der Waals surface area (Å²) in [6.07, 6.45) is 27.1. The van der Waals surface area contributed by atoms with Gasteiger partial charge in [0, 0.05) is 49.4 Å². The van der Waals surface area contributed by atoms with Crippen LogP contribution < -0.4 is 0 Å². The Kier molecular flexibility index (Phi) is 17.5. The van der Waals surface area contributed by atoms with Crippen molar-refractivity contribution >= 4 is 97.9 Å². The van der Waals surface area contributed by atoms with Crippen molar-refractivity contribution in [3.63, 3.8) is 0 Å². The molecular formula is C60H72N4S5. The molecule has 0 aliphatic rings. The van der Waals surface area contributed by atoms with E-state index in [1.54, 1.807) is 0 Å². The van der Waals surface area contributed by atoms with Crippen LogP contribution in [0.5, 0.6) is 0 Å². The second-order valence-corrected chi connectivity index (χ2v) is 24.3. The number of aryl methyl sites for hydroxylation is 6. The van der Waals surface area contributed by atoms with Crippen LogP contribution in [-0.4, -0.2) is 18.7 Å². The number of fused-ring (bicyclic) bond motifs is 4. The maximum Gasteiger partial charge on any atom is 0.116 e. The second-order valence-electron chi connectivity index (χ2n) is 19.5. The molecule has 0 aliphatic heterocycles. The standard InChI is InChI=1S/C60H72N4S5/c1-7-13-17-21-25-39-29-40(26-22-18-14-8-2)32-43(31-39)47-35-49-51(65-47)37-53(67-49)55-57-58(62-46(12-6)45(11-5)61-57)56(60-59(55)63-69-64-60)54-38-52-50(68-54)36-48(66-52)44-33-41(27-23-19-15-9-3)30-42(34-44)28-24-20-16-10-4/h29-38H,7-28H2,1-6H3. The summed E-state index contributed by atoms with van der Waals surface area (Å²) < 4.78 is 15.5. The number of hydrogen-bond acceptors (Lipinski definition) is 9. The molecule has 0 N–H and O–H groups in total. The quantitative estimate of drug-likeness (QED) is 0.0507. The Balaban J connectivity index is 1.08. The molecule has 0 spiro atoms. The molecule has 0 fully saturated rings. The highest BCUT2D eigenvalue weighted by atomic mass is 32.1. The van der Waals surface area contributed by atoms with E-state index in [1.807, 2.05) is 45.3 Å². The lowest BCUT2D eigenvalue weighted by Crippen LogP contribution is -2.03. The van der Waals surface area contributed by atoms with Crippen molar-refractivity contribution in [2.45, 2.75) is 183 Å². The fraction of sp³-hybridized carbons (Fsp3) is 0.467. The van der Waals surface area contributed by atoms with E-state index in [0.29, 0.717) is 0 Å². The summed E-state index contributed by atoms with van der Waals surface area (Å²) in [5.74, 6) is 0. The molecule has 0 atom stereocenters. The predicted octanol–water partition coefficient (Wildman–Crippen LogP) is 20.5. The van der Waals surface area contributed by atoms with Crippen LogP contribution in [0.3, 0.4) is 0 Å². The molecule has 0 aliphatic carbocycles. The summed E-state index contributed by atoms with van der Waals surface area (Å²) in [6.45, 7) is 13.6. The zero-order chi connectivity index (χ0) is 47.7. The lowest BCUT2D eigenvalue weighted by molar-refractivity contribution is 0.661. The molecule has 9 aromatic rings. The van der Waals surface area contributed by atoms with Gasteiger partial charge in [-0.25, -0.2) is 9.97 Å². The van der Waals surface area contributed by atoms with Crippen LogP contribution in [0.4, 0.5) is 0 Å². The van der Waals surface area contributed by atoms with Gasteiger partial charge < -0.3 is 0 Å². The van der Waals surface area contributed by atoms with Crippen LogP contribution in [0.1, 0.15) is 178 Å². The Morgan fingerprint density at radius 1 is 0.333 bits per heavy atom. The highest BCUT2D eigenvalue weighted by Crippen LogP contribution is 2.50. The monoisotopic (exact) mass is 1010 g/mol. The minimum absolute atomic E-state index is 0.841. The number of rotatable bonds is 26. The molecular weight excluding hydrogens is 937 g/mol. The lowest BCUT2D eigenvalue weighted by atomic mass is 9.97. The minimum Gasteiger partial charge on any atom is -0.249 e. The van der Waals surface area contributed by atoms with Crippen molar-refractivity contribution in [1.82, 2.24) is 18.7 Å². The van der Waals surface area contributed by atoms with Crippen molar-refractivity contribution in [2.75, 3.05) is 0 Å². The van der Waals surface area contributed by atoms with Gasteiger partial charge in [-0.1, -0.05) is 155 Å². The van der Waals surface area contributed by atoms with E-state index in [1.165, 1.54) is 212 Å². The zero-order valence-corrected chi connectivity index (χ0v) is 46.2. The van der Waals surface area contributed by atoms with E-state index in [4.69, 9.17) is 18.7 Å². The lowest BCUT2D eigenvalue weighted by Gasteiger charge is -2.13. The number of aromatic nitrogens is 4. The molecule has 4 nitrogen and oxygen atoms in total. The summed E-state index contributed by atoms with van der Waals surface area (Å²) in [5.41, 5.74) is 16.9. The van der Waals surface area contributed by atoms with Crippen molar-refractivity contribution < 1.29 is 0 Å². The van der Waals surface area contributed by atoms with Crippen LogP contribution >= 0.6 is 57.1 Å². The molecule has 3 aromatic carbocycles. The first-order chi connectivity index (χ1) is 33.9. The van der Waals surface area contributed by atoms with E-state index in [0.717, 1.165) is 57.4 Å². The molecule has 0 saturated carbocycles. The molecule has 0 bridgehead atoms. The molecule has 0 radical (unpaired) electrons. The third kappa shape index (κ3) is 11.6. The van der Waals surface area contributed by atoms with Crippen molar-refractivity contribution in [1.29, 1.82) is 0 Å². The number of hydrogen-bond donors (Lipinski definition) is 0. The first kappa shape index (κ1) is 50.1. The van der Waals surface area contributed by atoms with Crippen LogP contribution in [0.25, 0.3) is 82.6 Å². The van der Waals surface area contributed by atoms with Crippen molar-refractivity contribution in [2.24, 2.45) is 0 Å². The minimum atomic E-state index is 0.841. The average molecular weight is 1010 g/mol. The molecule has 9 heteroatoms. The highest BCUT2D eigenvalue weighted by molar-refractivity contribution is 7.31. The third-order valence-corrected chi connectivity index (χ3v) is 19.3. The SMILES string of the molecule is CCCCCCc1cc(CCCCCC)cc(-c2cc3sc(-c4c5nsnc5c(-c5cc6sc(-c7cc(CCCCCC)cc(CCCCCC)c7)cc6s5)c5nc(CC)c(CC)nc45)cc3s2)c1. The third-order valence-electron chi connectivity index (χ3n) is 14.0. The molecule has 0 saturated heterocycles. The predicted molar refractivity (Wildman–Crippen MR) is 309 cm³/mol. The second kappa shape index (κ2) is 24.0. The number of unbranched alkanes of at least 4 members (excludes halogenated alkanes) is 12. The van der Waals surface area contributed by atoms with Gasteiger partial charge in [0.1, 0.15) is 22.1 Å². The van der Waals surface area contributed by atoms with E-state index < -0.39 is 0 Å². The fourth-order valence-electron chi connectivity index (χ4n) is 10.2. The number of nitrogens with zero attached hydrogens (tertiary/aromatic N) is 4. The van der Waals surface area contributed by atoms with E-state index in [9.17, 15) is 0 Å². The van der Waals surface area contributed by atoms with Gasteiger partial charge in [-0.3, -0.25) is 0 Å². The number of thiophene rings is 4. The Morgan fingerprint density at radius 2 is 0.652 bits per heavy atom. The maximum absolute atomic E-state index is 5.53. The Morgan fingerprint density at radius 3 is 0.971 bits per heavy atom.